The molecule has 0 bridgehead atoms. The number of ether oxygens (including phenoxy) is 2. The summed E-state index contributed by atoms with van der Waals surface area (Å²) < 4.78 is 11.5. The standard InChI is InChI=1S/C18H27BrN2O3/c1-12(13-4-6-20-7-5-13)8-18(22)21-11-14-9-16(23-2)17(24-3)10-15(14)19/h9-10,12-13,20H,4-8,11H2,1-3H3,(H,21,22). The molecule has 0 aromatic heterocycles. The molecule has 0 spiro atoms. The van der Waals surface area contributed by atoms with Crippen molar-refractivity contribution in [2.75, 3.05) is 27.3 Å². The second-order valence-electron chi connectivity index (χ2n) is 6.34. The maximum absolute atomic E-state index is 12.3. The highest BCUT2D eigenvalue weighted by molar-refractivity contribution is 9.10. The molecule has 1 aromatic carbocycles. The van der Waals surface area contributed by atoms with Crippen LogP contribution < -0.4 is 20.1 Å². The van der Waals surface area contributed by atoms with Gasteiger partial charge in [-0.3, -0.25) is 4.79 Å². The predicted molar refractivity (Wildman–Crippen MR) is 98.5 cm³/mol. The molecule has 2 rings (SSSR count). The van der Waals surface area contributed by atoms with Crippen LogP contribution in [0.4, 0.5) is 0 Å². The summed E-state index contributed by atoms with van der Waals surface area (Å²) in [5, 5.41) is 6.39. The molecule has 1 atom stereocenters. The monoisotopic (exact) mass is 398 g/mol. The van der Waals surface area contributed by atoms with Crippen LogP contribution >= 0.6 is 15.9 Å². The molecule has 5 nitrogen and oxygen atoms in total. The van der Waals surface area contributed by atoms with Crippen molar-refractivity contribution < 1.29 is 14.3 Å². The Balaban J connectivity index is 1.89. The van der Waals surface area contributed by atoms with Crippen LogP contribution in [0.3, 0.4) is 0 Å². The third-order valence-electron chi connectivity index (χ3n) is 4.72. The Bertz CT molecular complexity index is 559. The lowest BCUT2D eigenvalue weighted by atomic mass is 9.84. The zero-order chi connectivity index (χ0) is 17.5. The number of benzene rings is 1. The summed E-state index contributed by atoms with van der Waals surface area (Å²) in [6.07, 6.45) is 2.90. The van der Waals surface area contributed by atoms with Crippen LogP contribution in [0.2, 0.25) is 0 Å². The lowest BCUT2D eigenvalue weighted by molar-refractivity contribution is -0.122. The van der Waals surface area contributed by atoms with Gasteiger partial charge in [0.25, 0.3) is 0 Å². The number of hydrogen-bond acceptors (Lipinski definition) is 4. The average Bonchev–Trinajstić information content (AvgIpc) is 2.61. The van der Waals surface area contributed by atoms with Gasteiger partial charge in [0.1, 0.15) is 0 Å². The van der Waals surface area contributed by atoms with Gasteiger partial charge in [-0.25, -0.2) is 0 Å². The van der Waals surface area contributed by atoms with E-state index < -0.39 is 0 Å². The van der Waals surface area contributed by atoms with Crippen LogP contribution in [0.5, 0.6) is 11.5 Å². The van der Waals surface area contributed by atoms with E-state index in [9.17, 15) is 4.79 Å². The number of hydrogen-bond donors (Lipinski definition) is 2. The smallest absolute Gasteiger partial charge is 0.220 e. The second kappa shape index (κ2) is 9.28. The average molecular weight is 399 g/mol. The van der Waals surface area contributed by atoms with E-state index in [-0.39, 0.29) is 5.91 Å². The number of carbonyl (C=O) groups excluding carboxylic acids is 1. The van der Waals surface area contributed by atoms with Gasteiger partial charge in [-0.1, -0.05) is 22.9 Å². The molecule has 0 aliphatic carbocycles. The Kier molecular flexibility index (Phi) is 7.37. The zero-order valence-electron chi connectivity index (χ0n) is 14.7. The SMILES string of the molecule is COc1cc(Br)c(CNC(=O)CC(C)C2CCNCC2)cc1OC. The molecule has 1 aliphatic rings. The lowest BCUT2D eigenvalue weighted by Crippen LogP contribution is -2.33. The highest BCUT2D eigenvalue weighted by Crippen LogP contribution is 2.33. The predicted octanol–water partition coefficient (Wildman–Crippen LogP) is 3.11. The van der Waals surface area contributed by atoms with Crippen LogP contribution in [0, 0.1) is 11.8 Å². The molecular weight excluding hydrogens is 372 g/mol. The van der Waals surface area contributed by atoms with E-state index in [0.717, 1.165) is 36.0 Å². The fraction of sp³-hybridized carbons (Fsp3) is 0.611. The van der Waals surface area contributed by atoms with Crippen LogP contribution in [-0.4, -0.2) is 33.2 Å². The molecule has 0 radical (unpaired) electrons. The van der Waals surface area contributed by atoms with Crippen molar-refractivity contribution >= 4 is 21.8 Å². The Labute approximate surface area is 152 Å². The van der Waals surface area contributed by atoms with E-state index in [1.165, 1.54) is 0 Å². The summed E-state index contributed by atoms with van der Waals surface area (Å²) in [4.78, 5) is 12.3. The first-order valence-electron chi connectivity index (χ1n) is 8.43. The van der Waals surface area contributed by atoms with Gasteiger partial charge in [-0.05, 0) is 55.5 Å². The fourth-order valence-corrected chi connectivity index (χ4v) is 3.63. The van der Waals surface area contributed by atoms with Gasteiger partial charge in [-0.2, -0.15) is 0 Å². The van der Waals surface area contributed by atoms with Gasteiger partial charge >= 0.3 is 0 Å². The number of carbonyl (C=O) groups is 1. The molecule has 2 N–H and O–H groups in total. The van der Waals surface area contributed by atoms with E-state index in [2.05, 4.69) is 33.5 Å². The van der Waals surface area contributed by atoms with Gasteiger partial charge in [-0.15, -0.1) is 0 Å². The molecule has 1 heterocycles. The minimum absolute atomic E-state index is 0.0997. The third kappa shape index (κ3) is 5.11. The van der Waals surface area contributed by atoms with E-state index in [4.69, 9.17) is 9.47 Å². The summed E-state index contributed by atoms with van der Waals surface area (Å²) in [5.74, 6) is 2.49. The topological polar surface area (TPSA) is 59.6 Å². The molecule has 0 saturated carbocycles. The first kappa shape index (κ1) is 19.1. The summed E-state index contributed by atoms with van der Waals surface area (Å²) in [7, 11) is 3.21. The van der Waals surface area contributed by atoms with E-state index >= 15 is 0 Å². The molecule has 1 amide bonds. The van der Waals surface area contributed by atoms with Crippen LogP contribution in [0.15, 0.2) is 16.6 Å². The summed E-state index contributed by atoms with van der Waals surface area (Å²) in [6, 6.07) is 3.75. The number of rotatable bonds is 7. The van der Waals surface area contributed by atoms with Crippen LogP contribution in [0.25, 0.3) is 0 Å². The highest BCUT2D eigenvalue weighted by atomic mass is 79.9. The first-order valence-corrected chi connectivity index (χ1v) is 9.22. The van der Waals surface area contributed by atoms with E-state index in [1.807, 2.05) is 12.1 Å². The number of methoxy groups -OCH3 is 2. The fourth-order valence-electron chi connectivity index (χ4n) is 3.17. The maximum atomic E-state index is 12.3. The zero-order valence-corrected chi connectivity index (χ0v) is 16.2. The quantitative estimate of drug-likeness (QED) is 0.740. The minimum Gasteiger partial charge on any atom is -0.493 e. The Morgan fingerprint density at radius 1 is 1.29 bits per heavy atom. The molecule has 1 aromatic rings. The van der Waals surface area contributed by atoms with Gasteiger partial charge in [0.2, 0.25) is 5.91 Å². The number of amides is 1. The van der Waals surface area contributed by atoms with Gasteiger partial charge in [0.15, 0.2) is 11.5 Å². The van der Waals surface area contributed by atoms with Gasteiger partial charge < -0.3 is 20.1 Å². The minimum atomic E-state index is 0.0997. The Morgan fingerprint density at radius 2 is 1.92 bits per heavy atom. The normalized spacial score (nSPS) is 16.5. The van der Waals surface area contributed by atoms with Gasteiger partial charge in [0.05, 0.1) is 14.2 Å². The van der Waals surface area contributed by atoms with E-state index in [0.29, 0.717) is 36.3 Å². The second-order valence-corrected chi connectivity index (χ2v) is 7.20. The largest absolute Gasteiger partial charge is 0.493 e. The van der Waals surface area contributed by atoms with Gasteiger partial charge in [0, 0.05) is 17.4 Å². The Morgan fingerprint density at radius 3 is 2.54 bits per heavy atom. The molecule has 1 unspecified atom stereocenters. The van der Waals surface area contributed by atoms with Crippen molar-refractivity contribution in [3.8, 4) is 11.5 Å². The first-order chi connectivity index (χ1) is 11.5. The van der Waals surface area contributed by atoms with Crippen molar-refractivity contribution in [1.29, 1.82) is 0 Å². The number of nitrogens with one attached hydrogen (secondary N) is 2. The van der Waals surface area contributed by atoms with Crippen molar-refractivity contribution in [3.05, 3.63) is 22.2 Å². The van der Waals surface area contributed by atoms with Crippen molar-refractivity contribution in [2.45, 2.75) is 32.7 Å². The molecule has 134 valence electrons. The summed E-state index contributed by atoms with van der Waals surface area (Å²) in [5.41, 5.74) is 0.968. The molecule has 24 heavy (non-hydrogen) atoms. The van der Waals surface area contributed by atoms with Crippen molar-refractivity contribution in [1.82, 2.24) is 10.6 Å². The maximum Gasteiger partial charge on any atom is 0.220 e. The van der Waals surface area contributed by atoms with Crippen molar-refractivity contribution in [3.63, 3.8) is 0 Å². The van der Waals surface area contributed by atoms with Crippen LogP contribution in [-0.2, 0) is 11.3 Å². The number of halogens is 1. The van der Waals surface area contributed by atoms with Crippen LogP contribution in [0.1, 0.15) is 31.7 Å². The molecule has 6 heteroatoms. The number of piperidine rings is 1. The van der Waals surface area contributed by atoms with Crippen molar-refractivity contribution in [2.24, 2.45) is 11.8 Å². The third-order valence-corrected chi connectivity index (χ3v) is 5.46. The molecule has 1 fully saturated rings. The lowest BCUT2D eigenvalue weighted by Gasteiger charge is -2.27. The molecular formula is C18H27BrN2O3. The summed E-state index contributed by atoms with van der Waals surface area (Å²) in [6.45, 7) is 4.78. The molecule has 1 aliphatic heterocycles. The Hall–Kier alpha value is -1.27. The molecule has 1 saturated heterocycles. The highest BCUT2D eigenvalue weighted by Gasteiger charge is 2.22. The van der Waals surface area contributed by atoms with E-state index in [1.54, 1.807) is 14.2 Å². The summed E-state index contributed by atoms with van der Waals surface area (Å²) >= 11 is 3.52.